The molecule has 0 radical (unpaired) electrons. The van der Waals surface area contributed by atoms with Crippen molar-refractivity contribution < 1.29 is 95.3 Å². The van der Waals surface area contributed by atoms with Crippen LogP contribution in [0.15, 0.2) is 0 Å². The maximum absolute atomic E-state index is 18.3. The standard InChI is InChI=1S/C98H57NO20/c1-12-110-72(100)94(73(101)111-13-2)84-52-24-25-49-29-31-51-27-26-50-30-28(48(24)82(50)22-99(11)23-83(49,51)82)56-32(52)36-60-40-42-62-38-34(58(30)88(62)86(56,60)96(88,76(104)114-16-5)77(105)115-17-6)54(26)85-55(27)35-39-63-43-41-61-37(33(53(25)84)57(29)87(61)89(63,59(31)35)97(87,78(106)116-18-7)79(107)117-19-8)65-45-44(64(36)90(65,84)94)68(40)92-70(42)46-47(67(39)91(85,66(38)46)95(85,74(102)112-14-3)75(103)113-15-4)71(43)93(92,69(41)45)98(92,80(108)118-20-9)81(109)119-21-10/h12-23H2,1-11H3. The highest BCUT2D eigenvalue weighted by molar-refractivity contribution is 6.45. The van der Waals surface area contributed by atoms with Crippen molar-refractivity contribution in [2.75, 3.05) is 86.2 Å². The van der Waals surface area contributed by atoms with Gasteiger partial charge in [-0.15, -0.1) is 0 Å². The number of esters is 10. The van der Waals surface area contributed by atoms with E-state index in [1.807, 2.05) is 0 Å². The molecule has 574 valence electrons. The highest BCUT2D eigenvalue weighted by atomic mass is 16.6. The van der Waals surface area contributed by atoms with Gasteiger partial charge in [0.15, 0.2) is 27.1 Å². The molecule has 21 nitrogen and oxygen atoms in total. The van der Waals surface area contributed by atoms with Crippen molar-refractivity contribution in [2.24, 2.45) is 27.1 Å². The van der Waals surface area contributed by atoms with E-state index >= 15 is 47.9 Å². The Morgan fingerprint density at radius 2 is 0.277 bits per heavy atom. The molecule has 38 rings (SSSR count). The summed E-state index contributed by atoms with van der Waals surface area (Å²) < 4.78 is 69.4. The number of rotatable bonds is 20. The SMILES string of the molecule is CCOC(=O)C1(C(=O)OCC)C23c4c5c6c7c8c4-c4c2c2c9c%10c4C4%11c%12c%13c%14c%15c(c%12-%10)C%10%12c%16c-%15c%15c%17c%18c%16-c%16c%19c%20c(c-2c%16C9%10C%12(C(=O)OCC)C(=O)OCC)C13c1c-5c2c3c(c1-%20)C1(c5c-3c3c9c(c5-%17)C%155C(C(=O)OCC)(C(=O)OCC)C%145c5c-9c(c-7c(c5-%13)C84C%11(C(=O)OCC)C(=O)OCC)C34CN(C)CC624)C(C(=O)OCC)(C(=O)OCC)C%19%181. The summed E-state index contributed by atoms with van der Waals surface area (Å²) >= 11 is 0. The van der Waals surface area contributed by atoms with Crippen molar-refractivity contribution in [3.05, 3.63) is 134 Å². The largest absolute Gasteiger partial charge is 0.465 e. The third kappa shape index (κ3) is 3.16. The molecule has 8 aromatic rings. The van der Waals surface area contributed by atoms with Crippen molar-refractivity contribution in [1.82, 2.24) is 4.90 Å². The van der Waals surface area contributed by atoms with Crippen LogP contribution in [0.3, 0.4) is 0 Å². The average Bonchev–Trinajstić information content (AvgIpc) is 1.31. The molecule has 30 aliphatic rings. The Morgan fingerprint density at radius 3 is 0.370 bits per heavy atom. The molecular formula is C98H57NO20. The van der Waals surface area contributed by atoms with Crippen LogP contribution in [0.5, 0.6) is 0 Å². The number of benzene rings is 8. The van der Waals surface area contributed by atoms with Crippen LogP contribution in [0.4, 0.5) is 0 Å². The minimum Gasteiger partial charge on any atom is -0.465 e. The summed E-state index contributed by atoms with van der Waals surface area (Å²) in [5, 5.41) is 0. The molecule has 6 fully saturated rings. The van der Waals surface area contributed by atoms with Crippen LogP contribution in [-0.2, 0) is 160 Å². The van der Waals surface area contributed by atoms with Gasteiger partial charge < -0.3 is 52.3 Å². The van der Waals surface area contributed by atoms with Crippen LogP contribution in [-0.4, -0.2) is 151 Å². The van der Waals surface area contributed by atoms with Gasteiger partial charge >= 0.3 is 59.7 Å². The molecule has 1 saturated heterocycles. The minimum atomic E-state index is -2.49. The topological polar surface area (TPSA) is 266 Å². The molecule has 119 heavy (non-hydrogen) atoms. The molecule has 0 bridgehead atoms. The fourth-order valence-electron chi connectivity index (χ4n) is 41.2. The van der Waals surface area contributed by atoms with E-state index in [9.17, 15) is 0 Å². The Morgan fingerprint density at radius 1 is 0.185 bits per heavy atom. The smallest absolute Gasteiger partial charge is 0.326 e. The van der Waals surface area contributed by atoms with Gasteiger partial charge in [0.1, 0.15) is 0 Å². The highest BCUT2D eigenvalue weighted by Gasteiger charge is 3.17. The fraction of sp³-hybridized carbons (Fsp3) is 0.408. The summed E-state index contributed by atoms with van der Waals surface area (Å²) in [5.41, 5.74) is 0.178. The summed E-state index contributed by atoms with van der Waals surface area (Å²) in [6.07, 6.45) is 0. The lowest BCUT2D eigenvalue weighted by atomic mass is 9.48. The molecule has 4 atom stereocenters. The Labute approximate surface area is 670 Å². The quantitative estimate of drug-likeness (QED) is 0.0391. The van der Waals surface area contributed by atoms with Gasteiger partial charge in [-0.2, -0.15) is 0 Å². The lowest BCUT2D eigenvalue weighted by molar-refractivity contribution is -0.167. The number of ether oxygens (including phenoxy) is 10. The Hall–Kier alpha value is -11.6. The molecule has 0 N–H and O–H groups in total. The van der Waals surface area contributed by atoms with Crippen LogP contribution in [0.2, 0.25) is 0 Å². The van der Waals surface area contributed by atoms with Crippen molar-refractivity contribution >= 4 is 59.7 Å². The fourth-order valence-corrected chi connectivity index (χ4v) is 41.2. The molecule has 1 heterocycles. The third-order valence-corrected chi connectivity index (χ3v) is 39.9. The summed E-state index contributed by atoms with van der Waals surface area (Å²) in [4.78, 5) is 185. The summed E-state index contributed by atoms with van der Waals surface area (Å²) in [7, 11) is 2.20. The number of carbonyl (C=O) groups excluding carboxylic acids is 10. The maximum Gasteiger partial charge on any atom is 0.326 e. The van der Waals surface area contributed by atoms with E-state index < -0.39 is 152 Å². The van der Waals surface area contributed by atoms with Gasteiger partial charge in [0.2, 0.25) is 0 Å². The van der Waals surface area contributed by atoms with E-state index in [0.29, 0.717) is 213 Å². The lowest BCUT2D eigenvalue weighted by Crippen LogP contribution is -2.52. The van der Waals surface area contributed by atoms with Crippen molar-refractivity contribution in [3.8, 4) is 134 Å². The number of likely N-dealkylation sites (N-methyl/N-ethyl adjacent to an activating group) is 1. The van der Waals surface area contributed by atoms with Gasteiger partial charge in [0.05, 0.1) is 131 Å². The van der Waals surface area contributed by atoms with Crippen LogP contribution < -0.4 is 0 Å². The second-order valence-corrected chi connectivity index (χ2v) is 39.4. The number of likely N-dealkylation sites (tertiary alicyclic amines) is 1. The molecular weight excluding hydrogens is 1510 g/mol. The molecule has 12 spiro atoms. The molecule has 0 amide bonds. The summed E-state index contributed by atoms with van der Waals surface area (Å²) in [6, 6.07) is 0. The minimum absolute atomic E-state index is 0.154. The molecule has 5 saturated carbocycles. The van der Waals surface area contributed by atoms with E-state index in [4.69, 9.17) is 47.4 Å². The zero-order valence-corrected chi connectivity index (χ0v) is 65.6. The van der Waals surface area contributed by atoms with E-state index in [0.717, 1.165) is 66.8 Å². The maximum atomic E-state index is 18.3. The van der Waals surface area contributed by atoms with Gasteiger partial charge in [-0.1, -0.05) is 0 Å². The van der Waals surface area contributed by atoms with Crippen molar-refractivity contribution in [3.63, 3.8) is 0 Å². The Bertz CT molecular complexity index is 6940. The lowest BCUT2D eigenvalue weighted by Gasteiger charge is -2.52. The number of nitrogens with zero attached hydrogens (tertiary/aromatic N) is 1. The van der Waals surface area contributed by atoms with Gasteiger partial charge in [-0.3, -0.25) is 47.9 Å². The monoisotopic (exact) mass is 1570 g/mol. The van der Waals surface area contributed by atoms with E-state index in [2.05, 4.69) is 11.9 Å². The van der Waals surface area contributed by atoms with Crippen LogP contribution in [0, 0.1) is 27.1 Å². The highest BCUT2D eigenvalue weighted by Crippen LogP contribution is 3.15. The molecule has 8 aromatic carbocycles. The molecule has 0 aromatic heterocycles. The van der Waals surface area contributed by atoms with E-state index in [-0.39, 0.29) is 66.1 Å². The number of hydrogen-bond acceptors (Lipinski definition) is 21. The first kappa shape index (κ1) is 59.1. The normalized spacial score (nSPS) is 35.2. The average molecular weight is 1570 g/mol. The van der Waals surface area contributed by atoms with Crippen LogP contribution in [0.1, 0.15) is 203 Å². The van der Waals surface area contributed by atoms with Gasteiger partial charge in [0.25, 0.3) is 0 Å². The molecule has 21 heteroatoms. The summed E-state index contributed by atoms with van der Waals surface area (Å²) in [6.45, 7) is 16.7. The van der Waals surface area contributed by atoms with Gasteiger partial charge in [0, 0.05) is 13.1 Å². The van der Waals surface area contributed by atoms with Crippen molar-refractivity contribution in [2.45, 2.75) is 134 Å². The predicted molar refractivity (Wildman–Crippen MR) is 405 cm³/mol. The van der Waals surface area contributed by atoms with Crippen LogP contribution in [0.25, 0.3) is 134 Å². The number of carbonyl (C=O) groups is 10. The Balaban J connectivity index is 0.932. The number of hydrogen-bond donors (Lipinski definition) is 0. The molecule has 29 aliphatic carbocycles. The first-order chi connectivity index (χ1) is 57.8. The van der Waals surface area contributed by atoms with Crippen LogP contribution >= 0.6 is 0 Å². The van der Waals surface area contributed by atoms with Crippen molar-refractivity contribution in [1.29, 1.82) is 0 Å². The second kappa shape index (κ2) is 14.1. The second-order valence-electron chi connectivity index (χ2n) is 39.4. The third-order valence-electron chi connectivity index (χ3n) is 39.9. The Kier molecular flexibility index (Phi) is 7.02. The van der Waals surface area contributed by atoms with Gasteiger partial charge in [-0.05, 0) is 343 Å². The first-order valence-electron chi connectivity index (χ1n) is 43.3. The predicted octanol–water partition coefficient (Wildman–Crippen LogP) is 9.11. The zero-order valence-electron chi connectivity index (χ0n) is 65.6. The zero-order chi connectivity index (χ0) is 79.1. The van der Waals surface area contributed by atoms with Gasteiger partial charge in [-0.25, -0.2) is 0 Å². The first-order valence-corrected chi connectivity index (χ1v) is 43.3. The van der Waals surface area contributed by atoms with E-state index in [1.54, 1.807) is 69.2 Å². The molecule has 1 aliphatic heterocycles. The summed E-state index contributed by atoms with van der Waals surface area (Å²) in [5.74, 6) is -8.13. The molecule has 4 unspecified atom stereocenters. The van der Waals surface area contributed by atoms with E-state index in [1.165, 1.54) is 0 Å².